The number of nitrogens with zero attached hydrogens (tertiary/aromatic N) is 4. The Balaban J connectivity index is 1.52. The lowest BCUT2D eigenvalue weighted by Gasteiger charge is -2.21. The van der Waals surface area contributed by atoms with Crippen LogP contribution in [0.5, 0.6) is 0 Å². The lowest BCUT2D eigenvalue weighted by atomic mass is 9.81. The van der Waals surface area contributed by atoms with Crippen molar-refractivity contribution in [2.45, 2.75) is 63.6 Å². The molecule has 0 radical (unpaired) electrons. The highest BCUT2D eigenvalue weighted by atomic mass is 32.2. The van der Waals surface area contributed by atoms with Crippen molar-refractivity contribution in [3.05, 3.63) is 24.0 Å². The van der Waals surface area contributed by atoms with Crippen LogP contribution in [0, 0.1) is 11.8 Å². The second kappa shape index (κ2) is 9.10. The fourth-order valence-corrected chi connectivity index (χ4v) is 5.85. The van der Waals surface area contributed by atoms with Crippen molar-refractivity contribution in [1.29, 1.82) is 0 Å². The summed E-state index contributed by atoms with van der Waals surface area (Å²) in [5.41, 5.74) is 1.19. The van der Waals surface area contributed by atoms with Gasteiger partial charge in [-0.15, -0.1) is 0 Å². The third kappa shape index (κ3) is 4.00. The van der Waals surface area contributed by atoms with Crippen LogP contribution in [0.2, 0.25) is 0 Å². The highest BCUT2D eigenvalue weighted by Gasteiger charge is 2.51. The number of imidazole rings is 1. The number of fused-ring (bicyclic) bond motifs is 2. The Bertz CT molecular complexity index is 1230. The van der Waals surface area contributed by atoms with Gasteiger partial charge in [-0.25, -0.2) is 22.5 Å². The number of aromatic nitrogens is 2. The number of rotatable bonds is 7. The van der Waals surface area contributed by atoms with E-state index < -0.39 is 22.0 Å². The molecule has 2 heterocycles. The molecule has 1 aliphatic heterocycles. The average molecular weight is 491 g/mol. The van der Waals surface area contributed by atoms with E-state index in [9.17, 15) is 22.8 Å². The van der Waals surface area contributed by atoms with Crippen molar-refractivity contribution in [3.8, 4) is 0 Å². The molecule has 10 nitrogen and oxygen atoms in total. The Hall–Kier alpha value is -2.79. The normalized spacial score (nSPS) is 21.9. The summed E-state index contributed by atoms with van der Waals surface area (Å²) in [4.78, 5) is 44.0. The number of likely N-dealkylation sites (tertiary alicyclic amines) is 1. The van der Waals surface area contributed by atoms with E-state index in [1.54, 1.807) is 6.07 Å². The summed E-state index contributed by atoms with van der Waals surface area (Å²) in [5, 5.41) is 0. The number of hydrogen-bond donors (Lipinski definition) is 0. The molecule has 184 valence electrons. The van der Waals surface area contributed by atoms with Gasteiger partial charge in [-0.1, -0.05) is 12.8 Å². The molecule has 1 aromatic heterocycles. The first kappa shape index (κ1) is 24.3. The van der Waals surface area contributed by atoms with E-state index in [1.165, 1.54) is 33.2 Å². The molecule has 1 aromatic carbocycles. The molecular formula is C23H30N4O6S. The summed E-state index contributed by atoms with van der Waals surface area (Å²) in [7, 11) is -0.697. The summed E-state index contributed by atoms with van der Waals surface area (Å²) in [6.45, 7) is 3.79. The molecule has 2 aliphatic rings. The summed E-state index contributed by atoms with van der Waals surface area (Å²) >= 11 is 0. The molecule has 0 bridgehead atoms. The first-order valence-corrected chi connectivity index (χ1v) is 13.0. The standard InChI is InChI=1S/C23H30N4O6S/c1-5-26-19-11-10-15(34(31,32)25(3)4)12-18(19)24-20(26)13-33-23(30)14(2)27-21(28)16-8-6-7-9-17(16)22(27)29/h10-12,14,16-17H,5-9,13H2,1-4H3/t14-,16-,17+/m1/s1. The molecule has 34 heavy (non-hydrogen) atoms. The van der Waals surface area contributed by atoms with E-state index in [4.69, 9.17) is 4.74 Å². The van der Waals surface area contributed by atoms with Crippen LogP contribution in [0.15, 0.2) is 23.1 Å². The van der Waals surface area contributed by atoms with Crippen LogP contribution in [0.1, 0.15) is 45.4 Å². The Morgan fingerprint density at radius 2 is 1.79 bits per heavy atom. The number of hydrogen-bond acceptors (Lipinski definition) is 7. The van der Waals surface area contributed by atoms with Crippen LogP contribution in [-0.4, -0.2) is 65.1 Å². The number of carbonyl (C=O) groups is 3. The third-order valence-corrected chi connectivity index (χ3v) is 8.65. The van der Waals surface area contributed by atoms with Gasteiger partial charge in [0.1, 0.15) is 18.5 Å². The number of carbonyl (C=O) groups excluding carboxylic acids is 3. The minimum absolute atomic E-state index is 0.121. The van der Waals surface area contributed by atoms with E-state index in [1.807, 2.05) is 11.5 Å². The lowest BCUT2D eigenvalue weighted by Crippen LogP contribution is -2.44. The van der Waals surface area contributed by atoms with Crippen LogP contribution in [0.25, 0.3) is 11.0 Å². The molecule has 1 saturated carbocycles. The molecule has 0 N–H and O–H groups in total. The molecule has 2 fully saturated rings. The van der Waals surface area contributed by atoms with Gasteiger partial charge in [0.25, 0.3) is 0 Å². The summed E-state index contributed by atoms with van der Waals surface area (Å²) in [5.74, 6) is -1.44. The second-order valence-corrected chi connectivity index (χ2v) is 11.2. The van der Waals surface area contributed by atoms with Gasteiger partial charge in [-0.3, -0.25) is 14.5 Å². The first-order chi connectivity index (χ1) is 16.1. The summed E-state index contributed by atoms with van der Waals surface area (Å²) in [6, 6.07) is 3.68. The smallest absolute Gasteiger partial charge is 0.329 e. The lowest BCUT2D eigenvalue weighted by molar-refractivity contribution is -0.159. The minimum Gasteiger partial charge on any atom is -0.456 e. The van der Waals surface area contributed by atoms with Gasteiger partial charge in [0.15, 0.2) is 0 Å². The van der Waals surface area contributed by atoms with Gasteiger partial charge in [-0.05, 0) is 44.9 Å². The van der Waals surface area contributed by atoms with Crippen molar-refractivity contribution >= 4 is 38.8 Å². The maximum absolute atomic E-state index is 12.8. The molecule has 2 aromatic rings. The first-order valence-electron chi connectivity index (χ1n) is 11.5. The molecule has 4 rings (SSSR count). The molecule has 3 atom stereocenters. The molecular weight excluding hydrogens is 460 g/mol. The molecule has 0 unspecified atom stereocenters. The van der Waals surface area contributed by atoms with Crippen molar-refractivity contribution in [3.63, 3.8) is 0 Å². The molecule has 11 heteroatoms. The van der Waals surface area contributed by atoms with Crippen LogP contribution < -0.4 is 0 Å². The van der Waals surface area contributed by atoms with Gasteiger partial charge in [0, 0.05) is 20.6 Å². The molecule has 0 spiro atoms. The Morgan fingerprint density at radius 1 is 1.18 bits per heavy atom. The van der Waals surface area contributed by atoms with Crippen LogP contribution in [0.3, 0.4) is 0 Å². The predicted molar refractivity (Wildman–Crippen MR) is 123 cm³/mol. The average Bonchev–Trinajstić information content (AvgIpc) is 3.30. The van der Waals surface area contributed by atoms with Crippen LogP contribution in [-0.2, 0) is 42.3 Å². The number of sulfonamides is 1. The Labute approximate surface area is 198 Å². The molecule has 1 saturated heterocycles. The highest BCUT2D eigenvalue weighted by Crippen LogP contribution is 2.39. The van der Waals surface area contributed by atoms with Gasteiger partial charge >= 0.3 is 5.97 Å². The number of ether oxygens (including phenoxy) is 1. The number of aryl methyl sites for hydroxylation is 1. The second-order valence-electron chi connectivity index (χ2n) is 9.04. The van der Waals surface area contributed by atoms with Gasteiger partial charge < -0.3 is 9.30 Å². The van der Waals surface area contributed by atoms with E-state index >= 15 is 0 Å². The van der Waals surface area contributed by atoms with E-state index in [-0.39, 0.29) is 35.2 Å². The maximum Gasteiger partial charge on any atom is 0.329 e. The molecule has 1 aliphatic carbocycles. The highest BCUT2D eigenvalue weighted by molar-refractivity contribution is 7.89. The van der Waals surface area contributed by atoms with Crippen molar-refractivity contribution in [2.75, 3.05) is 14.1 Å². The van der Waals surface area contributed by atoms with E-state index in [0.717, 1.165) is 22.0 Å². The zero-order valence-electron chi connectivity index (χ0n) is 19.9. The van der Waals surface area contributed by atoms with Crippen molar-refractivity contribution in [2.24, 2.45) is 11.8 Å². The zero-order valence-corrected chi connectivity index (χ0v) is 20.7. The SMILES string of the molecule is CCn1c(COC(=O)[C@@H](C)N2C(=O)[C@H]3CCCC[C@H]3C2=O)nc2cc(S(=O)(=O)N(C)C)ccc21. The largest absolute Gasteiger partial charge is 0.456 e. The summed E-state index contributed by atoms with van der Waals surface area (Å²) in [6.07, 6.45) is 3.19. The number of benzene rings is 1. The topological polar surface area (TPSA) is 119 Å². The van der Waals surface area contributed by atoms with Gasteiger partial charge in [0.2, 0.25) is 21.8 Å². The Kier molecular flexibility index (Phi) is 6.52. The molecule has 2 amide bonds. The van der Waals surface area contributed by atoms with Gasteiger partial charge in [0.05, 0.1) is 27.8 Å². The fraction of sp³-hybridized carbons (Fsp3) is 0.565. The van der Waals surface area contributed by atoms with E-state index in [2.05, 4.69) is 4.98 Å². The van der Waals surface area contributed by atoms with Crippen molar-refractivity contribution < 1.29 is 27.5 Å². The number of amides is 2. The third-order valence-electron chi connectivity index (χ3n) is 6.84. The Morgan fingerprint density at radius 3 is 2.35 bits per heavy atom. The zero-order chi connectivity index (χ0) is 24.8. The fourth-order valence-electron chi connectivity index (χ4n) is 4.93. The predicted octanol–water partition coefficient (Wildman–Crippen LogP) is 1.91. The van der Waals surface area contributed by atoms with Crippen LogP contribution in [0.4, 0.5) is 0 Å². The van der Waals surface area contributed by atoms with Crippen molar-refractivity contribution in [1.82, 2.24) is 18.8 Å². The number of imide groups is 1. The minimum atomic E-state index is -3.62. The maximum atomic E-state index is 12.8. The monoisotopic (exact) mass is 490 g/mol. The van der Waals surface area contributed by atoms with Gasteiger partial charge in [-0.2, -0.15) is 0 Å². The van der Waals surface area contributed by atoms with Crippen LogP contribution >= 0.6 is 0 Å². The summed E-state index contributed by atoms with van der Waals surface area (Å²) < 4.78 is 33.4. The van der Waals surface area contributed by atoms with E-state index in [0.29, 0.717) is 36.2 Å². The quantitative estimate of drug-likeness (QED) is 0.430. The number of esters is 1.